The van der Waals surface area contributed by atoms with Crippen LogP contribution < -0.4 is 5.32 Å². The highest BCUT2D eigenvalue weighted by Crippen LogP contribution is 2.38. The molecule has 1 heterocycles. The number of carbonyl (C=O) groups is 1. The number of aromatic hydroxyl groups is 1. The van der Waals surface area contributed by atoms with Gasteiger partial charge in [0.05, 0.1) is 22.6 Å². The zero-order chi connectivity index (χ0) is 22.9. The monoisotopic (exact) mass is 454 g/mol. The Labute approximate surface area is 195 Å². The van der Waals surface area contributed by atoms with Crippen LogP contribution in [0.1, 0.15) is 18.1 Å². The Bertz CT molecular complexity index is 1460. The van der Waals surface area contributed by atoms with Crippen molar-refractivity contribution < 1.29 is 9.90 Å². The maximum absolute atomic E-state index is 12.6. The van der Waals surface area contributed by atoms with Crippen molar-refractivity contribution in [1.29, 1.82) is 0 Å². The van der Waals surface area contributed by atoms with Crippen molar-refractivity contribution in [1.82, 2.24) is 0 Å². The van der Waals surface area contributed by atoms with E-state index in [4.69, 9.17) is 11.6 Å². The molecular formula is C26H19ClN4O2. The molecule has 33 heavy (non-hydrogen) atoms. The third-order valence-electron chi connectivity index (χ3n) is 5.51. The van der Waals surface area contributed by atoms with Gasteiger partial charge in [0.25, 0.3) is 0 Å². The lowest BCUT2D eigenvalue weighted by molar-refractivity contribution is -0.116. The van der Waals surface area contributed by atoms with Gasteiger partial charge < -0.3 is 10.4 Å². The molecule has 0 radical (unpaired) electrons. The van der Waals surface area contributed by atoms with Gasteiger partial charge in [0.2, 0.25) is 5.91 Å². The number of carbonyl (C=O) groups excluding carboxylic acids is 1. The number of hydrogen-bond donors (Lipinski definition) is 2. The number of hydrogen-bond acceptors (Lipinski definition) is 5. The Kier molecular flexibility index (Phi) is 5.36. The molecule has 0 saturated carbocycles. The number of benzodiazepines with no additional fused rings is 1. The first-order chi connectivity index (χ1) is 16.0. The maximum atomic E-state index is 12.6. The number of phenols is 1. The van der Waals surface area contributed by atoms with Crippen molar-refractivity contribution >= 4 is 51.1 Å². The molecule has 1 aliphatic rings. The lowest BCUT2D eigenvalue weighted by atomic mass is 9.98. The summed E-state index contributed by atoms with van der Waals surface area (Å²) in [6, 6.07) is 23.2. The molecule has 0 spiro atoms. The number of amides is 1. The molecule has 2 N–H and O–H groups in total. The third-order valence-corrected chi connectivity index (χ3v) is 5.83. The summed E-state index contributed by atoms with van der Waals surface area (Å²) in [6.07, 6.45) is 0. The molecule has 1 amide bonds. The minimum Gasteiger partial charge on any atom is -0.506 e. The van der Waals surface area contributed by atoms with E-state index in [1.807, 2.05) is 48.5 Å². The molecule has 0 fully saturated rings. The van der Waals surface area contributed by atoms with Crippen molar-refractivity contribution in [2.75, 3.05) is 5.32 Å². The van der Waals surface area contributed by atoms with Gasteiger partial charge in [0.15, 0.2) is 0 Å². The highest BCUT2D eigenvalue weighted by atomic mass is 35.5. The molecule has 6 nitrogen and oxygen atoms in total. The van der Waals surface area contributed by atoms with Crippen molar-refractivity contribution in [2.45, 2.75) is 13.0 Å². The molecule has 1 aliphatic heterocycles. The van der Waals surface area contributed by atoms with E-state index < -0.39 is 6.04 Å². The summed E-state index contributed by atoms with van der Waals surface area (Å²) in [5, 5.41) is 24.5. The third kappa shape index (κ3) is 3.85. The highest BCUT2D eigenvalue weighted by molar-refractivity contribution is 6.36. The second-order valence-corrected chi connectivity index (χ2v) is 8.08. The smallest absolute Gasteiger partial charge is 0.248 e. The normalized spacial score (nSPS) is 15.8. The Hall–Kier alpha value is -4.03. The number of nitrogens with one attached hydrogen (secondary N) is 1. The highest BCUT2D eigenvalue weighted by Gasteiger charge is 2.26. The first-order valence-corrected chi connectivity index (χ1v) is 10.8. The van der Waals surface area contributed by atoms with E-state index in [1.165, 1.54) is 0 Å². The van der Waals surface area contributed by atoms with Crippen LogP contribution in [0, 0.1) is 0 Å². The van der Waals surface area contributed by atoms with Gasteiger partial charge in [-0.15, -0.1) is 10.2 Å². The number of halogens is 1. The van der Waals surface area contributed by atoms with E-state index in [0.29, 0.717) is 38.9 Å². The van der Waals surface area contributed by atoms with Gasteiger partial charge >= 0.3 is 0 Å². The molecule has 4 aromatic carbocycles. The van der Waals surface area contributed by atoms with Crippen LogP contribution in [0.2, 0.25) is 5.02 Å². The minimum absolute atomic E-state index is 0.0291. The molecule has 0 saturated heterocycles. The van der Waals surface area contributed by atoms with Crippen LogP contribution >= 0.6 is 11.6 Å². The maximum Gasteiger partial charge on any atom is 0.248 e. The first-order valence-electron chi connectivity index (χ1n) is 10.4. The summed E-state index contributed by atoms with van der Waals surface area (Å²) in [4.78, 5) is 17.3. The van der Waals surface area contributed by atoms with Crippen LogP contribution in [0.4, 0.5) is 17.1 Å². The van der Waals surface area contributed by atoms with Gasteiger partial charge in [-0.1, -0.05) is 66.2 Å². The Morgan fingerprint density at radius 2 is 1.73 bits per heavy atom. The van der Waals surface area contributed by atoms with Gasteiger partial charge in [0.1, 0.15) is 17.5 Å². The number of nitrogens with zero attached hydrogens (tertiary/aromatic N) is 3. The fraction of sp³-hybridized carbons (Fsp3) is 0.0769. The molecule has 162 valence electrons. The fourth-order valence-electron chi connectivity index (χ4n) is 3.84. The molecule has 5 rings (SSSR count). The van der Waals surface area contributed by atoms with Crippen molar-refractivity contribution in [3.05, 3.63) is 95.0 Å². The summed E-state index contributed by atoms with van der Waals surface area (Å²) >= 11 is 6.50. The van der Waals surface area contributed by atoms with Gasteiger partial charge in [-0.25, -0.2) is 0 Å². The summed E-state index contributed by atoms with van der Waals surface area (Å²) < 4.78 is 0. The molecule has 1 unspecified atom stereocenters. The van der Waals surface area contributed by atoms with Crippen LogP contribution in [-0.4, -0.2) is 22.8 Å². The quantitative estimate of drug-likeness (QED) is 0.334. The largest absolute Gasteiger partial charge is 0.506 e. The van der Waals surface area contributed by atoms with E-state index in [-0.39, 0.29) is 11.7 Å². The average Bonchev–Trinajstić information content (AvgIpc) is 2.95. The zero-order valence-electron chi connectivity index (χ0n) is 17.7. The molecule has 4 aromatic rings. The number of benzene rings is 4. The molecule has 7 heteroatoms. The Morgan fingerprint density at radius 3 is 2.58 bits per heavy atom. The van der Waals surface area contributed by atoms with Crippen LogP contribution in [0.15, 0.2) is 94.1 Å². The molecule has 0 aromatic heterocycles. The zero-order valence-corrected chi connectivity index (χ0v) is 18.4. The number of aliphatic imine (C=N–C) groups is 1. The average molecular weight is 455 g/mol. The SMILES string of the molecule is CC1N=C(c2ccccc2Cl)c2c(N=Nc3c(O)ccc4ccccc34)cccc2NC1=O. The van der Waals surface area contributed by atoms with Crippen LogP contribution in [0.5, 0.6) is 5.75 Å². The lowest BCUT2D eigenvalue weighted by Crippen LogP contribution is -2.22. The Morgan fingerprint density at radius 1 is 0.939 bits per heavy atom. The van der Waals surface area contributed by atoms with E-state index in [2.05, 4.69) is 20.5 Å². The van der Waals surface area contributed by atoms with Gasteiger partial charge in [-0.3, -0.25) is 9.79 Å². The lowest BCUT2D eigenvalue weighted by Gasteiger charge is -2.13. The van der Waals surface area contributed by atoms with Crippen LogP contribution in [0.3, 0.4) is 0 Å². The summed E-state index contributed by atoms with van der Waals surface area (Å²) in [7, 11) is 0. The van der Waals surface area contributed by atoms with E-state index in [1.54, 1.807) is 37.3 Å². The molecule has 0 bridgehead atoms. The topological polar surface area (TPSA) is 86.4 Å². The summed E-state index contributed by atoms with van der Waals surface area (Å²) in [6.45, 7) is 1.73. The Balaban J connectivity index is 1.71. The standard InChI is InChI=1S/C26H19ClN4O2/c1-15-26(33)29-20-11-6-12-21(23(20)25(28-15)18-9-4-5-10-19(18)27)30-31-24-17-8-3-2-7-16(17)13-14-22(24)32/h2-15,32H,1H3,(H,29,33). The number of phenolic OH excluding ortho intramolecular Hbond substituents is 1. The number of azo groups is 1. The molecule has 0 aliphatic carbocycles. The number of anilines is 1. The number of rotatable bonds is 3. The van der Waals surface area contributed by atoms with Crippen LogP contribution in [-0.2, 0) is 4.79 Å². The van der Waals surface area contributed by atoms with Crippen molar-refractivity contribution in [2.24, 2.45) is 15.2 Å². The molecular weight excluding hydrogens is 436 g/mol. The predicted molar refractivity (Wildman–Crippen MR) is 131 cm³/mol. The predicted octanol–water partition coefficient (Wildman–Crippen LogP) is 6.79. The van der Waals surface area contributed by atoms with Crippen molar-refractivity contribution in [3.63, 3.8) is 0 Å². The summed E-state index contributed by atoms with van der Waals surface area (Å²) in [5.74, 6) is -0.194. The summed E-state index contributed by atoms with van der Waals surface area (Å²) in [5.41, 5.74) is 3.30. The minimum atomic E-state index is -0.615. The fourth-order valence-corrected chi connectivity index (χ4v) is 4.07. The second kappa shape index (κ2) is 8.48. The number of fused-ring (bicyclic) bond motifs is 2. The van der Waals surface area contributed by atoms with Gasteiger partial charge in [0, 0.05) is 16.0 Å². The molecule has 1 atom stereocenters. The van der Waals surface area contributed by atoms with E-state index in [9.17, 15) is 9.90 Å². The first kappa shape index (κ1) is 20.8. The second-order valence-electron chi connectivity index (χ2n) is 7.68. The van der Waals surface area contributed by atoms with E-state index in [0.717, 1.165) is 10.8 Å². The van der Waals surface area contributed by atoms with Crippen LogP contribution in [0.25, 0.3) is 10.8 Å². The van der Waals surface area contributed by atoms with E-state index >= 15 is 0 Å². The van der Waals surface area contributed by atoms with Gasteiger partial charge in [-0.05, 0) is 36.6 Å². The van der Waals surface area contributed by atoms with Crippen molar-refractivity contribution in [3.8, 4) is 5.75 Å². The van der Waals surface area contributed by atoms with Gasteiger partial charge in [-0.2, -0.15) is 0 Å².